The van der Waals surface area contributed by atoms with Crippen LogP contribution in [0.3, 0.4) is 0 Å². The first-order chi connectivity index (χ1) is 9.04. The fraction of sp³-hybridized carbons (Fsp3) is 0.643. The van der Waals surface area contributed by atoms with E-state index < -0.39 is 0 Å². The Morgan fingerprint density at radius 1 is 1.42 bits per heavy atom. The highest BCUT2D eigenvalue weighted by molar-refractivity contribution is 5.89. The van der Waals surface area contributed by atoms with Crippen molar-refractivity contribution in [3.8, 4) is 0 Å². The monoisotopic (exact) mass is 268 g/mol. The normalized spacial score (nSPS) is 10.9. The molecular formula is C14H24N2O3. The molecule has 0 atom stereocenters. The Balaban J connectivity index is 2.40. The fourth-order valence-corrected chi connectivity index (χ4v) is 1.72. The summed E-state index contributed by atoms with van der Waals surface area (Å²) in [6, 6.07) is 1.65. The van der Waals surface area contributed by atoms with Crippen molar-refractivity contribution >= 4 is 11.7 Å². The van der Waals surface area contributed by atoms with E-state index in [2.05, 4.69) is 13.8 Å². The zero-order chi connectivity index (χ0) is 14.3. The predicted octanol–water partition coefficient (Wildman–Crippen LogP) is 2.31. The second kappa shape index (κ2) is 7.84. The number of rotatable bonds is 8. The number of carbonyl (C=O) groups is 1. The maximum Gasteiger partial charge on any atom is 0.355 e. The van der Waals surface area contributed by atoms with Crippen LogP contribution in [-0.4, -0.2) is 30.4 Å². The number of carbonyl (C=O) groups excluding carboxylic acids is 1. The number of nitrogen functional groups attached to an aromatic ring is 1. The first kappa shape index (κ1) is 15.6. The molecule has 0 aliphatic carbocycles. The molecular weight excluding hydrogens is 244 g/mol. The number of esters is 1. The van der Waals surface area contributed by atoms with Gasteiger partial charge in [-0.3, -0.25) is 0 Å². The third-order valence-corrected chi connectivity index (χ3v) is 2.50. The molecule has 0 unspecified atom stereocenters. The van der Waals surface area contributed by atoms with Gasteiger partial charge in [-0.2, -0.15) is 0 Å². The highest BCUT2D eigenvalue weighted by atomic mass is 16.6. The summed E-state index contributed by atoms with van der Waals surface area (Å²) in [4.78, 5) is 11.9. The Morgan fingerprint density at radius 3 is 2.79 bits per heavy atom. The van der Waals surface area contributed by atoms with Gasteiger partial charge in [-0.05, 0) is 18.4 Å². The van der Waals surface area contributed by atoms with Gasteiger partial charge in [-0.1, -0.05) is 20.8 Å². The molecule has 0 fully saturated rings. The van der Waals surface area contributed by atoms with Crippen LogP contribution >= 0.6 is 0 Å². The number of hydrogen-bond donors (Lipinski definition) is 1. The molecule has 1 aromatic heterocycles. The first-order valence-corrected chi connectivity index (χ1v) is 6.75. The van der Waals surface area contributed by atoms with Crippen molar-refractivity contribution in [1.29, 1.82) is 0 Å². The van der Waals surface area contributed by atoms with Crippen molar-refractivity contribution in [2.45, 2.75) is 33.7 Å². The standard InChI is InChI=1S/C14H24N2O3/c1-4-5-16-9-12(15)8-13(16)14(17)19-7-6-18-10-11(2)3/h8-9,11H,4-7,10,15H2,1-3H3. The lowest BCUT2D eigenvalue weighted by Gasteiger charge is -2.09. The number of hydrogen-bond acceptors (Lipinski definition) is 4. The average molecular weight is 268 g/mol. The molecule has 5 nitrogen and oxygen atoms in total. The van der Waals surface area contributed by atoms with Crippen molar-refractivity contribution in [1.82, 2.24) is 4.57 Å². The second-order valence-corrected chi connectivity index (χ2v) is 4.96. The summed E-state index contributed by atoms with van der Waals surface area (Å²) >= 11 is 0. The molecule has 0 aromatic carbocycles. The van der Waals surface area contributed by atoms with E-state index in [-0.39, 0.29) is 12.6 Å². The smallest absolute Gasteiger partial charge is 0.355 e. The Hall–Kier alpha value is -1.49. The lowest BCUT2D eigenvalue weighted by molar-refractivity contribution is 0.0268. The van der Waals surface area contributed by atoms with E-state index in [0.29, 0.717) is 30.5 Å². The van der Waals surface area contributed by atoms with E-state index in [1.54, 1.807) is 12.3 Å². The molecule has 5 heteroatoms. The van der Waals surface area contributed by atoms with Gasteiger partial charge in [0.25, 0.3) is 0 Å². The van der Waals surface area contributed by atoms with Crippen LogP contribution in [0.25, 0.3) is 0 Å². The van der Waals surface area contributed by atoms with Crippen molar-refractivity contribution < 1.29 is 14.3 Å². The average Bonchev–Trinajstić information content (AvgIpc) is 2.70. The number of anilines is 1. The molecule has 0 aliphatic heterocycles. The van der Waals surface area contributed by atoms with Gasteiger partial charge in [0.05, 0.1) is 12.3 Å². The quantitative estimate of drug-likeness (QED) is 0.580. The van der Waals surface area contributed by atoms with E-state index in [1.165, 1.54) is 0 Å². The second-order valence-electron chi connectivity index (χ2n) is 4.96. The number of aromatic nitrogens is 1. The highest BCUT2D eigenvalue weighted by Crippen LogP contribution is 2.12. The molecule has 1 rings (SSSR count). The van der Waals surface area contributed by atoms with Gasteiger partial charge in [-0.15, -0.1) is 0 Å². The molecule has 0 radical (unpaired) electrons. The summed E-state index contributed by atoms with van der Waals surface area (Å²) < 4.78 is 12.4. The van der Waals surface area contributed by atoms with E-state index in [4.69, 9.17) is 15.2 Å². The van der Waals surface area contributed by atoms with Gasteiger partial charge < -0.3 is 19.8 Å². The van der Waals surface area contributed by atoms with Gasteiger partial charge >= 0.3 is 5.97 Å². The number of ether oxygens (including phenoxy) is 2. The first-order valence-electron chi connectivity index (χ1n) is 6.75. The lowest BCUT2D eigenvalue weighted by Crippen LogP contribution is -2.15. The Labute approximate surface area is 114 Å². The van der Waals surface area contributed by atoms with E-state index in [9.17, 15) is 4.79 Å². The largest absolute Gasteiger partial charge is 0.459 e. The number of nitrogens with zero attached hydrogens (tertiary/aromatic N) is 1. The van der Waals surface area contributed by atoms with Crippen LogP contribution < -0.4 is 5.73 Å². The van der Waals surface area contributed by atoms with Gasteiger partial charge in [0.1, 0.15) is 12.3 Å². The maximum atomic E-state index is 11.9. The third-order valence-electron chi connectivity index (χ3n) is 2.50. The summed E-state index contributed by atoms with van der Waals surface area (Å²) in [7, 11) is 0. The molecule has 0 bridgehead atoms. The lowest BCUT2D eigenvalue weighted by atomic mass is 10.2. The summed E-state index contributed by atoms with van der Waals surface area (Å²) in [5.41, 5.74) is 6.79. The van der Waals surface area contributed by atoms with E-state index in [0.717, 1.165) is 13.0 Å². The molecule has 1 aromatic rings. The van der Waals surface area contributed by atoms with Crippen LogP contribution in [0.1, 0.15) is 37.7 Å². The van der Waals surface area contributed by atoms with Crippen LogP contribution in [-0.2, 0) is 16.0 Å². The number of aryl methyl sites for hydroxylation is 1. The Kier molecular flexibility index (Phi) is 6.42. The third kappa shape index (κ3) is 5.34. The van der Waals surface area contributed by atoms with Crippen LogP contribution in [0.5, 0.6) is 0 Å². The predicted molar refractivity (Wildman–Crippen MR) is 75.1 cm³/mol. The SMILES string of the molecule is CCCn1cc(N)cc1C(=O)OCCOCC(C)C. The van der Waals surface area contributed by atoms with Crippen molar-refractivity contribution in [3.05, 3.63) is 18.0 Å². The van der Waals surface area contributed by atoms with Gasteiger partial charge in [0.15, 0.2) is 0 Å². The van der Waals surface area contributed by atoms with Gasteiger partial charge in [0.2, 0.25) is 0 Å². The van der Waals surface area contributed by atoms with Gasteiger partial charge in [-0.25, -0.2) is 4.79 Å². The fourth-order valence-electron chi connectivity index (χ4n) is 1.72. The summed E-state index contributed by atoms with van der Waals surface area (Å²) in [5, 5.41) is 0. The highest BCUT2D eigenvalue weighted by Gasteiger charge is 2.13. The van der Waals surface area contributed by atoms with Crippen molar-refractivity contribution in [2.75, 3.05) is 25.6 Å². The van der Waals surface area contributed by atoms with Gasteiger partial charge in [0, 0.05) is 19.3 Å². The molecule has 2 N–H and O–H groups in total. The minimum Gasteiger partial charge on any atom is -0.459 e. The molecule has 0 spiro atoms. The Bertz CT molecular complexity index is 399. The zero-order valence-corrected chi connectivity index (χ0v) is 12.0. The zero-order valence-electron chi connectivity index (χ0n) is 12.0. The minimum absolute atomic E-state index is 0.267. The van der Waals surface area contributed by atoms with Crippen LogP contribution in [0.4, 0.5) is 5.69 Å². The van der Waals surface area contributed by atoms with Crippen molar-refractivity contribution in [2.24, 2.45) is 5.92 Å². The van der Waals surface area contributed by atoms with Crippen LogP contribution in [0.2, 0.25) is 0 Å². The summed E-state index contributed by atoms with van der Waals surface area (Å²) in [5.74, 6) is 0.135. The summed E-state index contributed by atoms with van der Waals surface area (Å²) in [6.07, 6.45) is 2.70. The van der Waals surface area contributed by atoms with E-state index in [1.807, 2.05) is 11.5 Å². The molecule has 0 saturated heterocycles. The number of nitrogens with two attached hydrogens (primary N) is 1. The minimum atomic E-state index is -0.349. The molecule has 1 heterocycles. The molecule has 108 valence electrons. The van der Waals surface area contributed by atoms with Crippen molar-refractivity contribution in [3.63, 3.8) is 0 Å². The summed E-state index contributed by atoms with van der Waals surface area (Å²) in [6.45, 7) is 8.32. The molecule has 0 aliphatic rings. The Morgan fingerprint density at radius 2 is 2.16 bits per heavy atom. The molecule has 0 amide bonds. The van der Waals surface area contributed by atoms with Crippen LogP contribution in [0, 0.1) is 5.92 Å². The molecule has 19 heavy (non-hydrogen) atoms. The van der Waals surface area contributed by atoms with Crippen LogP contribution in [0.15, 0.2) is 12.3 Å². The molecule has 0 saturated carbocycles. The topological polar surface area (TPSA) is 66.5 Å². The maximum absolute atomic E-state index is 11.9. The van der Waals surface area contributed by atoms with E-state index >= 15 is 0 Å².